The van der Waals surface area contributed by atoms with Crippen LogP contribution in [0.5, 0.6) is 0 Å². The zero-order chi connectivity index (χ0) is 26.6. The second kappa shape index (κ2) is 11.2. The molecule has 0 aromatic heterocycles. The summed E-state index contributed by atoms with van der Waals surface area (Å²) >= 11 is 6.31. The van der Waals surface area contributed by atoms with E-state index in [0.29, 0.717) is 16.1 Å². The van der Waals surface area contributed by atoms with Gasteiger partial charge in [-0.15, -0.1) is 0 Å². The number of Topliss-reactive ketones (excluding diaryl/α,β-unsaturated/α-hetero) is 1. The van der Waals surface area contributed by atoms with Crippen LogP contribution in [0, 0.1) is 0 Å². The van der Waals surface area contributed by atoms with Gasteiger partial charge in [-0.3, -0.25) is 18.7 Å². The fourth-order valence-electron chi connectivity index (χ4n) is 3.36. The van der Waals surface area contributed by atoms with E-state index in [9.17, 15) is 22.8 Å². The van der Waals surface area contributed by atoms with Gasteiger partial charge in [-0.25, -0.2) is 8.42 Å². The van der Waals surface area contributed by atoms with Gasteiger partial charge in [0.25, 0.3) is 0 Å². The lowest BCUT2D eigenvalue weighted by Crippen LogP contribution is -2.54. The summed E-state index contributed by atoms with van der Waals surface area (Å²) in [4.78, 5) is 39.6. The maximum absolute atomic E-state index is 13.5. The van der Waals surface area contributed by atoms with E-state index in [2.05, 4.69) is 5.32 Å². The molecule has 2 rings (SSSR count). The van der Waals surface area contributed by atoms with Crippen molar-refractivity contribution in [3.63, 3.8) is 0 Å². The summed E-state index contributed by atoms with van der Waals surface area (Å²) < 4.78 is 26.2. The molecular weight excluding hydrogens is 490 g/mol. The highest BCUT2D eigenvalue weighted by Crippen LogP contribution is 2.22. The first-order valence-electron chi connectivity index (χ1n) is 11.0. The first kappa shape index (κ1) is 28.3. The van der Waals surface area contributed by atoms with Crippen LogP contribution in [0.25, 0.3) is 0 Å². The van der Waals surface area contributed by atoms with Gasteiger partial charge in [0.1, 0.15) is 12.6 Å². The predicted octanol–water partition coefficient (Wildman–Crippen LogP) is 3.64. The summed E-state index contributed by atoms with van der Waals surface area (Å²) in [6.07, 6.45) is 0.981. The number of carbonyl (C=O) groups excluding carboxylic acids is 3. The minimum atomic E-state index is -3.90. The Kier molecular flexibility index (Phi) is 9.08. The van der Waals surface area contributed by atoms with E-state index >= 15 is 0 Å². The minimum absolute atomic E-state index is 0.00231. The van der Waals surface area contributed by atoms with Gasteiger partial charge in [0.05, 0.1) is 11.9 Å². The van der Waals surface area contributed by atoms with Crippen molar-refractivity contribution in [2.45, 2.75) is 52.7 Å². The number of ketones is 1. The van der Waals surface area contributed by atoms with Gasteiger partial charge in [-0.1, -0.05) is 41.9 Å². The average Bonchev–Trinajstić information content (AvgIpc) is 2.74. The van der Waals surface area contributed by atoms with Gasteiger partial charge in [-0.05, 0) is 58.4 Å². The standard InChI is InChI=1S/C25H32ClN3O5S/c1-17(24(32)27-25(3,4)5)28(15-20-10-7-8-13-22(20)26)23(31)16-29(35(6,33)34)21-12-9-11-19(14-21)18(2)30/h7-14,17H,15-16H2,1-6H3,(H,27,32)/t17-/m0/s1. The Labute approximate surface area is 212 Å². The van der Waals surface area contributed by atoms with E-state index in [1.807, 2.05) is 20.8 Å². The van der Waals surface area contributed by atoms with Crippen molar-refractivity contribution in [2.24, 2.45) is 0 Å². The molecule has 0 saturated carbocycles. The number of benzene rings is 2. The molecule has 8 nitrogen and oxygen atoms in total. The van der Waals surface area contributed by atoms with Gasteiger partial charge >= 0.3 is 0 Å². The van der Waals surface area contributed by atoms with Crippen molar-refractivity contribution >= 4 is 44.9 Å². The molecule has 0 heterocycles. The molecule has 0 unspecified atom stereocenters. The van der Waals surface area contributed by atoms with E-state index < -0.39 is 34.1 Å². The number of rotatable bonds is 9. The zero-order valence-corrected chi connectivity index (χ0v) is 22.4. The van der Waals surface area contributed by atoms with Gasteiger partial charge in [0.2, 0.25) is 21.8 Å². The minimum Gasteiger partial charge on any atom is -0.350 e. The number of sulfonamides is 1. The third-order valence-corrected chi connectivity index (χ3v) is 6.69. The van der Waals surface area contributed by atoms with Gasteiger partial charge in [-0.2, -0.15) is 0 Å². The molecule has 0 aliphatic rings. The lowest BCUT2D eigenvalue weighted by Gasteiger charge is -2.33. The fraction of sp³-hybridized carbons (Fsp3) is 0.400. The molecule has 0 saturated heterocycles. The van der Waals surface area contributed by atoms with Crippen LogP contribution >= 0.6 is 11.6 Å². The fourth-order valence-corrected chi connectivity index (χ4v) is 4.40. The second-order valence-corrected chi connectivity index (χ2v) is 11.7. The maximum atomic E-state index is 13.5. The van der Waals surface area contributed by atoms with E-state index in [-0.39, 0.29) is 23.9 Å². The third kappa shape index (κ3) is 8.07. The van der Waals surface area contributed by atoms with Crippen LogP contribution in [0.4, 0.5) is 5.69 Å². The average molecular weight is 522 g/mol. The van der Waals surface area contributed by atoms with Crippen LogP contribution < -0.4 is 9.62 Å². The Morgan fingerprint density at radius 3 is 2.23 bits per heavy atom. The van der Waals surface area contributed by atoms with Crippen molar-refractivity contribution in [1.82, 2.24) is 10.2 Å². The van der Waals surface area contributed by atoms with Crippen molar-refractivity contribution < 1.29 is 22.8 Å². The number of amides is 2. The predicted molar refractivity (Wildman–Crippen MR) is 138 cm³/mol. The van der Waals surface area contributed by atoms with E-state index in [4.69, 9.17) is 11.6 Å². The molecule has 1 N–H and O–H groups in total. The van der Waals surface area contributed by atoms with Gasteiger partial charge in [0.15, 0.2) is 5.78 Å². The number of hydrogen-bond donors (Lipinski definition) is 1. The number of hydrogen-bond acceptors (Lipinski definition) is 5. The van der Waals surface area contributed by atoms with Crippen LogP contribution in [0.15, 0.2) is 48.5 Å². The summed E-state index contributed by atoms with van der Waals surface area (Å²) in [7, 11) is -3.90. The lowest BCUT2D eigenvalue weighted by atomic mass is 10.1. The molecule has 0 aliphatic heterocycles. The number of nitrogens with one attached hydrogen (secondary N) is 1. The second-order valence-electron chi connectivity index (χ2n) is 9.40. The van der Waals surface area contributed by atoms with E-state index in [0.717, 1.165) is 10.6 Å². The van der Waals surface area contributed by atoms with Crippen molar-refractivity contribution in [1.29, 1.82) is 0 Å². The first-order valence-corrected chi connectivity index (χ1v) is 13.3. The number of carbonyl (C=O) groups is 3. The molecule has 0 fully saturated rings. The van der Waals surface area contributed by atoms with Crippen LogP contribution in [0.1, 0.15) is 50.5 Å². The van der Waals surface area contributed by atoms with Crippen LogP contribution in [-0.4, -0.2) is 55.3 Å². The highest BCUT2D eigenvalue weighted by Gasteiger charge is 2.31. The molecule has 0 spiro atoms. The lowest BCUT2D eigenvalue weighted by molar-refractivity contribution is -0.140. The van der Waals surface area contributed by atoms with E-state index in [1.165, 1.54) is 24.0 Å². The molecule has 10 heteroatoms. The zero-order valence-electron chi connectivity index (χ0n) is 20.8. The Morgan fingerprint density at radius 1 is 1.06 bits per heavy atom. The maximum Gasteiger partial charge on any atom is 0.244 e. The monoisotopic (exact) mass is 521 g/mol. The number of anilines is 1. The number of halogens is 1. The SMILES string of the molecule is CC(=O)c1cccc(N(CC(=O)N(Cc2ccccc2Cl)[C@@H](C)C(=O)NC(C)(C)C)S(C)(=O)=O)c1. The molecule has 35 heavy (non-hydrogen) atoms. The highest BCUT2D eigenvalue weighted by atomic mass is 35.5. The topological polar surface area (TPSA) is 104 Å². The molecule has 0 radical (unpaired) electrons. The molecule has 1 atom stereocenters. The Hall–Kier alpha value is -2.91. The summed E-state index contributed by atoms with van der Waals surface area (Å²) in [5.41, 5.74) is 0.575. The summed E-state index contributed by atoms with van der Waals surface area (Å²) in [6, 6.07) is 12.1. The van der Waals surface area contributed by atoms with Crippen molar-refractivity contribution in [2.75, 3.05) is 17.1 Å². The smallest absolute Gasteiger partial charge is 0.244 e. The van der Waals surface area contributed by atoms with Gasteiger partial charge < -0.3 is 10.2 Å². The van der Waals surface area contributed by atoms with E-state index in [1.54, 1.807) is 43.3 Å². The molecule has 190 valence electrons. The van der Waals surface area contributed by atoms with Crippen molar-refractivity contribution in [3.05, 3.63) is 64.7 Å². The van der Waals surface area contributed by atoms with Crippen molar-refractivity contribution in [3.8, 4) is 0 Å². The summed E-state index contributed by atoms with van der Waals surface area (Å²) in [6.45, 7) is 7.87. The van der Waals surface area contributed by atoms with Crippen LogP contribution in [0.2, 0.25) is 5.02 Å². The normalized spacial score (nSPS) is 12.5. The Bertz CT molecular complexity index is 1210. The molecule has 2 aromatic carbocycles. The largest absolute Gasteiger partial charge is 0.350 e. The molecule has 0 aliphatic carbocycles. The quantitative estimate of drug-likeness (QED) is 0.507. The van der Waals surface area contributed by atoms with Crippen LogP contribution in [-0.2, 0) is 26.2 Å². The third-order valence-electron chi connectivity index (χ3n) is 5.18. The highest BCUT2D eigenvalue weighted by molar-refractivity contribution is 7.92. The molecule has 2 aromatic rings. The molecule has 2 amide bonds. The number of nitrogens with zero attached hydrogens (tertiary/aromatic N) is 2. The first-order chi connectivity index (χ1) is 16.1. The Morgan fingerprint density at radius 2 is 1.69 bits per heavy atom. The van der Waals surface area contributed by atoms with Crippen LogP contribution in [0.3, 0.4) is 0 Å². The molecule has 0 bridgehead atoms. The molecular formula is C25H32ClN3O5S. The summed E-state index contributed by atoms with van der Waals surface area (Å²) in [5, 5.41) is 3.27. The summed E-state index contributed by atoms with van der Waals surface area (Å²) in [5.74, 6) is -1.22. The van der Waals surface area contributed by atoms with Gasteiger partial charge in [0, 0.05) is 22.7 Å². The Balaban J connectivity index is 2.46.